The lowest BCUT2D eigenvalue weighted by Crippen LogP contribution is -2.30. The Morgan fingerprint density at radius 3 is 0.867 bits per heavy atom. The Hall–Kier alpha value is -4.45. The first kappa shape index (κ1) is 70.5. The highest BCUT2D eigenvalue weighted by Gasteiger charge is 2.19. The van der Waals surface area contributed by atoms with E-state index in [1.165, 1.54) is 77.0 Å². The van der Waals surface area contributed by atoms with Crippen LogP contribution in [0.4, 0.5) is 0 Å². The van der Waals surface area contributed by atoms with E-state index < -0.39 is 6.10 Å². The highest BCUT2D eigenvalue weighted by molar-refractivity contribution is 5.71. The average molecular weight is 1040 g/mol. The van der Waals surface area contributed by atoms with Gasteiger partial charge in [0.2, 0.25) is 0 Å². The van der Waals surface area contributed by atoms with Crippen LogP contribution in [0.25, 0.3) is 0 Å². The molecule has 0 spiro atoms. The molecule has 0 aliphatic rings. The first-order valence-corrected chi connectivity index (χ1v) is 30.7. The molecule has 0 aliphatic heterocycles. The minimum absolute atomic E-state index is 0.109. The van der Waals surface area contributed by atoms with E-state index in [-0.39, 0.29) is 31.1 Å². The van der Waals surface area contributed by atoms with Crippen molar-refractivity contribution < 1.29 is 28.6 Å². The first-order chi connectivity index (χ1) is 37.0. The van der Waals surface area contributed by atoms with E-state index in [9.17, 15) is 14.4 Å². The molecule has 0 saturated carbocycles. The molecule has 0 aromatic carbocycles. The summed E-state index contributed by atoms with van der Waals surface area (Å²) in [6.07, 6.45) is 87.3. The van der Waals surface area contributed by atoms with Gasteiger partial charge in [-0.3, -0.25) is 14.4 Å². The molecule has 1 atom stereocenters. The van der Waals surface area contributed by atoms with Crippen molar-refractivity contribution in [3.8, 4) is 0 Å². The average Bonchev–Trinajstić information content (AvgIpc) is 3.41. The van der Waals surface area contributed by atoms with Crippen molar-refractivity contribution in [2.24, 2.45) is 0 Å². The summed E-state index contributed by atoms with van der Waals surface area (Å²) in [6, 6.07) is 0. The van der Waals surface area contributed by atoms with Gasteiger partial charge in [0.05, 0.1) is 0 Å². The van der Waals surface area contributed by atoms with Crippen LogP contribution in [0.3, 0.4) is 0 Å². The molecule has 0 bridgehead atoms. The van der Waals surface area contributed by atoms with E-state index >= 15 is 0 Å². The Bertz CT molecular complexity index is 1620. The van der Waals surface area contributed by atoms with E-state index in [0.29, 0.717) is 25.7 Å². The number of hydrogen-bond donors (Lipinski definition) is 0. The second-order valence-electron chi connectivity index (χ2n) is 19.9. The molecule has 0 aromatic heterocycles. The third-order valence-corrected chi connectivity index (χ3v) is 12.6. The molecule has 75 heavy (non-hydrogen) atoms. The molecule has 0 heterocycles. The molecule has 6 heteroatoms. The van der Waals surface area contributed by atoms with Crippen LogP contribution in [0.1, 0.15) is 265 Å². The zero-order valence-electron chi connectivity index (χ0n) is 48.5. The van der Waals surface area contributed by atoms with Crippen molar-refractivity contribution in [1.29, 1.82) is 0 Å². The van der Waals surface area contributed by atoms with Crippen molar-refractivity contribution in [3.63, 3.8) is 0 Å². The van der Waals surface area contributed by atoms with Crippen LogP contribution in [0, 0.1) is 0 Å². The molecule has 0 saturated heterocycles. The molecule has 6 nitrogen and oxygen atoms in total. The molecule has 0 N–H and O–H groups in total. The molecule has 0 aliphatic carbocycles. The molecule has 424 valence electrons. The van der Waals surface area contributed by atoms with E-state index in [0.717, 1.165) is 141 Å². The van der Waals surface area contributed by atoms with Gasteiger partial charge in [-0.2, -0.15) is 0 Å². The predicted molar refractivity (Wildman–Crippen MR) is 325 cm³/mol. The largest absolute Gasteiger partial charge is 0.462 e. The number of carbonyl (C=O) groups excluding carboxylic acids is 3. The topological polar surface area (TPSA) is 78.9 Å². The van der Waals surface area contributed by atoms with Crippen LogP contribution in [0.5, 0.6) is 0 Å². The molecule has 0 fully saturated rings. The molecular formula is C69H112O6. The quantitative estimate of drug-likeness (QED) is 0.0261. The summed E-state index contributed by atoms with van der Waals surface area (Å²) in [4.78, 5) is 38.3. The minimum Gasteiger partial charge on any atom is -0.462 e. The normalized spacial score (nSPS) is 13.1. The Morgan fingerprint density at radius 2 is 0.520 bits per heavy atom. The number of hydrogen-bond acceptors (Lipinski definition) is 6. The third kappa shape index (κ3) is 60.3. The molecule has 0 rings (SSSR count). The maximum Gasteiger partial charge on any atom is 0.306 e. The number of allylic oxidation sites excluding steroid dienone is 22. The van der Waals surface area contributed by atoms with Gasteiger partial charge in [0.25, 0.3) is 0 Å². The van der Waals surface area contributed by atoms with E-state index in [1.807, 2.05) is 0 Å². The van der Waals surface area contributed by atoms with Crippen LogP contribution < -0.4 is 0 Å². The molecule has 0 aromatic rings. The Kier molecular flexibility index (Phi) is 58.4. The summed E-state index contributed by atoms with van der Waals surface area (Å²) in [5.41, 5.74) is 0. The smallest absolute Gasteiger partial charge is 0.306 e. The van der Waals surface area contributed by atoms with Crippen LogP contribution in [0.2, 0.25) is 0 Å². The van der Waals surface area contributed by atoms with E-state index in [1.54, 1.807) is 0 Å². The lowest BCUT2D eigenvalue weighted by Gasteiger charge is -2.18. The van der Waals surface area contributed by atoms with Gasteiger partial charge >= 0.3 is 17.9 Å². The van der Waals surface area contributed by atoms with Gasteiger partial charge in [0, 0.05) is 19.3 Å². The first-order valence-electron chi connectivity index (χ1n) is 30.7. The fraction of sp³-hybridized carbons (Fsp3) is 0.638. The van der Waals surface area contributed by atoms with Gasteiger partial charge in [-0.05, 0) is 141 Å². The maximum atomic E-state index is 12.9. The van der Waals surface area contributed by atoms with Gasteiger partial charge < -0.3 is 14.2 Å². The summed E-state index contributed by atoms with van der Waals surface area (Å²) < 4.78 is 16.8. The van der Waals surface area contributed by atoms with Crippen LogP contribution >= 0.6 is 0 Å². The fourth-order valence-electron chi connectivity index (χ4n) is 8.01. The van der Waals surface area contributed by atoms with Gasteiger partial charge in [-0.25, -0.2) is 0 Å². The SMILES string of the molecule is CC/C=C\C/C=C\C/C=C\C/C=C\C/C=C\C/C=C\CCCCC(=O)OCC(COC(=O)CCCCCCC/C=C\C/C=C\CCCCC)OC(=O)CCCCCCCC/C=C\C/C=C\C/C=C\CCCCCCC. The highest BCUT2D eigenvalue weighted by atomic mass is 16.6. The zero-order chi connectivity index (χ0) is 54.3. The standard InChI is InChI=1S/C69H112O6/c1-4-7-10-13-16-19-22-25-28-30-32-34-36-38-41-44-47-50-53-56-59-62-68(71)74-65-66(64-73-67(70)61-58-55-52-49-46-43-40-27-24-21-18-15-12-9-6-3)75-69(72)63-60-57-54-51-48-45-42-39-37-35-33-31-29-26-23-20-17-14-11-8-5-2/h7,10,16,18-19,21,23,25-28,31-34,37-41,47,50,66H,4-6,8-9,11-15,17,20,22,24,29-30,35-36,42-46,48-49,51-65H2,1-3H3/b10-7-,19-16-,21-18-,26-23-,28-25-,33-31-,34-32-,39-37-,40-27-,41-38-,50-47-. The van der Waals surface area contributed by atoms with Crippen molar-refractivity contribution in [2.45, 2.75) is 271 Å². The minimum atomic E-state index is -0.816. The Balaban J connectivity index is 4.53. The van der Waals surface area contributed by atoms with Gasteiger partial charge in [-0.1, -0.05) is 238 Å². The highest BCUT2D eigenvalue weighted by Crippen LogP contribution is 2.13. The molecular weight excluding hydrogens is 925 g/mol. The van der Waals surface area contributed by atoms with Crippen molar-refractivity contribution in [2.75, 3.05) is 13.2 Å². The van der Waals surface area contributed by atoms with Gasteiger partial charge in [0.15, 0.2) is 6.10 Å². The number of ether oxygens (including phenoxy) is 3. The van der Waals surface area contributed by atoms with E-state index in [2.05, 4.69) is 154 Å². The molecule has 0 amide bonds. The van der Waals surface area contributed by atoms with Crippen molar-refractivity contribution >= 4 is 17.9 Å². The van der Waals surface area contributed by atoms with E-state index in [4.69, 9.17) is 14.2 Å². The monoisotopic (exact) mass is 1040 g/mol. The molecule has 0 radical (unpaired) electrons. The van der Waals surface area contributed by atoms with Gasteiger partial charge in [0.1, 0.15) is 13.2 Å². The lowest BCUT2D eigenvalue weighted by molar-refractivity contribution is -0.167. The second kappa shape index (κ2) is 62.1. The number of rotatable bonds is 54. The third-order valence-electron chi connectivity index (χ3n) is 12.6. The van der Waals surface area contributed by atoms with Crippen LogP contribution in [0.15, 0.2) is 134 Å². The van der Waals surface area contributed by atoms with Crippen LogP contribution in [-0.4, -0.2) is 37.2 Å². The zero-order valence-corrected chi connectivity index (χ0v) is 48.5. The predicted octanol–water partition coefficient (Wildman–Crippen LogP) is 21.0. The van der Waals surface area contributed by atoms with Gasteiger partial charge in [-0.15, -0.1) is 0 Å². The number of unbranched alkanes of at least 4 members (excludes halogenated alkanes) is 21. The summed E-state index contributed by atoms with van der Waals surface area (Å²) in [5, 5.41) is 0. The summed E-state index contributed by atoms with van der Waals surface area (Å²) in [7, 11) is 0. The van der Waals surface area contributed by atoms with Crippen molar-refractivity contribution in [3.05, 3.63) is 134 Å². The van der Waals surface area contributed by atoms with Crippen LogP contribution in [-0.2, 0) is 28.6 Å². The molecule has 1 unspecified atom stereocenters. The summed E-state index contributed by atoms with van der Waals surface area (Å²) >= 11 is 0. The number of carbonyl (C=O) groups is 3. The Labute approximate surface area is 462 Å². The fourth-order valence-corrected chi connectivity index (χ4v) is 8.01. The maximum absolute atomic E-state index is 12.9. The summed E-state index contributed by atoms with van der Waals surface area (Å²) in [6.45, 7) is 6.43. The summed E-state index contributed by atoms with van der Waals surface area (Å²) in [5.74, 6) is -0.980. The number of esters is 3. The lowest BCUT2D eigenvalue weighted by atomic mass is 10.1. The van der Waals surface area contributed by atoms with Crippen molar-refractivity contribution in [1.82, 2.24) is 0 Å². The second-order valence-corrected chi connectivity index (χ2v) is 19.9. The Morgan fingerprint density at radius 1 is 0.280 bits per heavy atom.